The molecule has 1 unspecified atom stereocenters. The predicted octanol–water partition coefficient (Wildman–Crippen LogP) is 1.58. The van der Waals surface area contributed by atoms with Gasteiger partial charge in [0.05, 0.1) is 12.6 Å². The smallest absolute Gasteiger partial charge is 0.190 e. The third-order valence-electron chi connectivity index (χ3n) is 2.12. The molecular formula is C11H15F2NO2. The average molecular weight is 231 g/mol. The summed E-state index contributed by atoms with van der Waals surface area (Å²) < 4.78 is 36.3. The van der Waals surface area contributed by atoms with Crippen molar-refractivity contribution < 1.29 is 18.3 Å². The van der Waals surface area contributed by atoms with Crippen molar-refractivity contribution in [2.24, 2.45) is 0 Å². The Kier molecular flexibility index (Phi) is 5.14. The van der Waals surface area contributed by atoms with Crippen molar-refractivity contribution in [3.8, 4) is 5.75 Å². The van der Waals surface area contributed by atoms with Crippen LogP contribution in [0.25, 0.3) is 0 Å². The van der Waals surface area contributed by atoms with E-state index < -0.39 is 11.6 Å². The minimum absolute atomic E-state index is 0.107. The lowest BCUT2D eigenvalue weighted by atomic mass is 10.3. The number of ether oxygens (including phenoxy) is 2. The van der Waals surface area contributed by atoms with Crippen molar-refractivity contribution in [2.75, 3.05) is 27.4 Å². The average Bonchev–Trinajstić information content (AvgIpc) is 2.27. The topological polar surface area (TPSA) is 30.5 Å². The van der Waals surface area contributed by atoms with Crippen LogP contribution >= 0.6 is 0 Å². The zero-order valence-electron chi connectivity index (χ0n) is 9.30. The lowest BCUT2D eigenvalue weighted by Gasteiger charge is -2.16. The molecule has 3 nitrogen and oxygen atoms in total. The Balaban J connectivity index is 2.59. The maximum absolute atomic E-state index is 13.2. The lowest BCUT2D eigenvalue weighted by Crippen LogP contribution is -2.35. The summed E-state index contributed by atoms with van der Waals surface area (Å²) in [5, 5.41) is 2.92. The van der Waals surface area contributed by atoms with E-state index in [1.165, 1.54) is 6.07 Å². The van der Waals surface area contributed by atoms with Gasteiger partial charge < -0.3 is 14.8 Å². The summed E-state index contributed by atoms with van der Waals surface area (Å²) in [7, 11) is 3.28. The van der Waals surface area contributed by atoms with E-state index in [1.807, 2.05) is 0 Å². The molecule has 1 rings (SSSR count). The van der Waals surface area contributed by atoms with Crippen LogP contribution in [0.5, 0.6) is 5.75 Å². The number of rotatable bonds is 6. The second-order valence-electron chi connectivity index (χ2n) is 3.30. The van der Waals surface area contributed by atoms with Crippen LogP contribution in [0, 0.1) is 11.6 Å². The number of halogens is 2. The molecule has 0 aliphatic rings. The molecular weight excluding hydrogens is 216 g/mol. The van der Waals surface area contributed by atoms with Gasteiger partial charge >= 0.3 is 0 Å². The second-order valence-corrected chi connectivity index (χ2v) is 3.30. The Morgan fingerprint density at radius 2 is 1.88 bits per heavy atom. The first-order valence-corrected chi connectivity index (χ1v) is 4.92. The fourth-order valence-corrected chi connectivity index (χ4v) is 1.22. The first-order valence-electron chi connectivity index (χ1n) is 4.92. The van der Waals surface area contributed by atoms with E-state index in [4.69, 9.17) is 9.47 Å². The number of nitrogens with one attached hydrogen (secondary N) is 1. The SMILES string of the molecule is CNC(COC)COc1c(F)cccc1F. The monoisotopic (exact) mass is 231 g/mol. The summed E-state index contributed by atoms with van der Waals surface area (Å²) in [6.45, 7) is 0.550. The van der Waals surface area contributed by atoms with Crippen LogP contribution < -0.4 is 10.1 Å². The van der Waals surface area contributed by atoms with Gasteiger partial charge in [0.25, 0.3) is 0 Å². The highest BCUT2D eigenvalue weighted by Gasteiger charge is 2.12. The molecule has 0 amide bonds. The van der Waals surface area contributed by atoms with Gasteiger partial charge in [-0.15, -0.1) is 0 Å². The van der Waals surface area contributed by atoms with Crippen LogP contribution in [0.4, 0.5) is 8.78 Å². The summed E-state index contributed by atoms with van der Waals surface area (Å²) in [5.74, 6) is -1.75. The van der Waals surface area contributed by atoms with Crippen molar-refractivity contribution >= 4 is 0 Å². The molecule has 1 aromatic carbocycles. The third kappa shape index (κ3) is 3.43. The lowest BCUT2D eigenvalue weighted by molar-refractivity contribution is 0.136. The molecule has 5 heteroatoms. The molecule has 90 valence electrons. The number of methoxy groups -OCH3 is 1. The molecule has 0 bridgehead atoms. The van der Waals surface area contributed by atoms with Crippen LogP contribution in [-0.2, 0) is 4.74 Å². The standard InChI is InChI=1S/C11H15F2NO2/c1-14-8(6-15-2)7-16-11-9(12)4-3-5-10(11)13/h3-5,8,14H,6-7H2,1-2H3. The van der Waals surface area contributed by atoms with Gasteiger partial charge in [-0.25, -0.2) is 8.78 Å². The van der Waals surface area contributed by atoms with Crippen LogP contribution in [0.15, 0.2) is 18.2 Å². The second kappa shape index (κ2) is 6.40. The fourth-order valence-electron chi connectivity index (χ4n) is 1.22. The molecule has 1 atom stereocenters. The van der Waals surface area contributed by atoms with Crippen LogP contribution in [-0.4, -0.2) is 33.4 Å². The highest BCUT2D eigenvalue weighted by molar-refractivity contribution is 5.26. The molecule has 16 heavy (non-hydrogen) atoms. The van der Waals surface area contributed by atoms with E-state index in [1.54, 1.807) is 14.2 Å². The third-order valence-corrected chi connectivity index (χ3v) is 2.12. The fraction of sp³-hybridized carbons (Fsp3) is 0.455. The molecule has 1 aromatic rings. The van der Waals surface area contributed by atoms with Crippen molar-refractivity contribution in [3.63, 3.8) is 0 Å². The van der Waals surface area contributed by atoms with Crippen LogP contribution in [0.3, 0.4) is 0 Å². The number of hydrogen-bond donors (Lipinski definition) is 1. The quantitative estimate of drug-likeness (QED) is 0.806. The van der Waals surface area contributed by atoms with Crippen molar-refractivity contribution in [2.45, 2.75) is 6.04 Å². The summed E-state index contributed by atoms with van der Waals surface area (Å²) in [6, 6.07) is 3.50. The molecule has 0 aromatic heterocycles. The van der Waals surface area contributed by atoms with E-state index in [9.17, 15) is 8.78 Å². The van der Waals surface area contributed by atoms with E-state index >= 15 is 0 Å². The number of benzene rings is 1. The van der Waals surface area contributed by atoms with Crippen LogP contribution in [0.2, 0.25) is 0 Å². The number of hydrogen-bond acceptors (Lipinski definition) is 3. The van der Waals surface area contributed by atoms with Gasteiger partial charge in [0.2, 0.25) is 0 Å². The van der Waals surface area contributed by atoms with E-state index in [-0.39, 0.29) is 18.4 Å². The van der Waals surface area contributed by atoms with Gasteiger partial charge in [-0.05, 0) is 19.2 Å². The highest BCUT2D eigenvalue weighted by Crippen LogP contribution is 2.20. The van der Waals surface area contributed by atoms with Gasteiger partial charge in [0, 0.05) is 7.11 Å². The van der Waals surface area contributed by atoms with Gasteiger partial charge in [0.1, 0.15) is 6.61 Å². The Morgan fingerprint density at radius 1 is 1.25 bits per heavy atom. The van der Waals surface area contributed by atoms with Crippen molar-refractivity contribution in [3.05, 3.63) is 29.8 Å². The molecule has 0 radical (unpaired) electrons. The summed E-state index contributed by atoms with van der Waals surface area (Å²) in [5.41, 5.74) is 0. The molecule has 0 spiro atoms. The molecule has 0 saturated carbocycles. The van der Waals surface area contributed by atoms with Crippen LogP contribution in [0.1, 0.15) is 0 Å². The first-order chi connectivity index (χ1) is 7.69. The zero-order valence-corrected chi connectivity index (χ0v) is 9.30. The van der Waals surface area contributed by atoms with Gasteiger partial charge in [0.15, 0.2) is 17.4 Å². The highest BCUT2D eigenvalue weighted by atomic mass is 19.1. The van der Waals surface area contributed by atoms with E-state index in [0.717, 1.165) is 12.1 Å². The van der Waals surface area contributed by atoms with Gasteiger partial charge in [-0.1, -0.05) is 6.07 Å². The predicted molar refractivity (Wildman–Crippen MR) is 56.6 cm³/mol. The largest absolute Gasteiger partial charge is 0.486 e. The van der Waals surface area contributed by atoms with Crippen molar-refractivity contribution in [1.29, 1.82) is 0 Å². The van der Waals surface area contributed by atoms with Gasteiger partial charge in [-0.3, -0.25) is 0 Å². The number of likely N-dealkylation sites (N-methyl/N-ethyl adjacent to an activating group) is 1. The molecule has 1 N–H and O–H groups in total. The molecule has 0 saturated heterocycles. The van der Waals surface area contributed by atoms with E-state index in [2.05, 4.69) is 5.32 Å². The maximum Gasteiger partial charge on any atom is 0.190 e. The minimum Gasteiger partial charge on any atom is -0.486 e. The Bertz CT molecular complexity index is 314. The molecule has 0 aliphatic carbocycles. The van der Waals surface area contributed by atoms with Gasteiger partial charge in [-0.2, -0.15) is 0 Å². The normalized spacial score (nSPS) is 12.5. The Labute approximate surface area is 93.4 Å². The summed E-state index contributed by atoms with van der Waals surface area (Å²) in [6.07, 6.45) is 0. The summed E-state index contributed by atoms with van der Waals surface area (Å²) in [4.78, 5) is 0. The molecule has 0 fully saturated rings. The Hall–Kier alpha value is -1.20. The number of para-hydroxylation sites is 1. The minimum atomic E-state index is -0.702. The first kappa shape index (κ1) is 12.9. The van der Waals surface area contributed by atoms with Crippen molar-refractivity contribution in [1.82, 2.24) is 5.32 Å². The Morgan fingerprint density at radius 3 is 2.38 bits per heavy atom. The molecule has 0 aliphatic heterocycles. The molecule has 0 heterocycles. The van der Waals surface area contributed by atoms with E-state index in [0.29, 0.717) is 6.61 Å². The maximum atomic E-state index is 13.2. The zero-order chi connectivity index (χ0) is 12.0. The summed E-state index contributed by atoms with van der Waals surface area (Å²) >= 11 is 0.